The summed E-state index contributed by atoms with van der Waals surface area (Å²) < 4.78 is 5.58. The third-order valence-electron chi connectivity index (χ3n) is 2.86. The number of oxazole rings is 1. The van der Waals surface area contributed by atoms with E-state index in [4.69, 9.17) is 10.2 Å². The molecule has 0 aliphatic carbocycles. The van der Waals surface area contributed by atoms with Gasteiger partial charge in [-0.1, -0.05) is 12.1 Å². The van der Waals surface area contributed by atoms with Gasteiger partial charge in [-0.05, 0) is 32.9 Å². The number of nitrogens with two attached hydrogens (primary N) is 1. The molecule has 1 aromatic heterocycles. The fourth-order valence-electron chi connectivity index (χ4n) is 1.32. The lowest BCUT2D eigenvalue weighted by molar-refractivity contribution is 0.450. The highest BCUT2D eigenvalue weighted by Gasteiger charge is 2.24. The largest absolute Gasteiger partial charge is 0.424 e. The van der Waals surface area contributed by atoms with Crippen LogP contribution in [0.25, 0.3) is 11.1 Å². The Balaban J connectivity index is 2.28. The van der Waals surface area contributed by atoms with E-state index in [1.165, 1.54) is 0 Å². The second-order valence-electron chi connectivity index (χ2n) is 4.62. The number of nitrogens with one attached hydrogen (secondary N) is 1. The average molecular weight is 219 g/mol. The number of nitrogens with zero attached hydrogens (tertiary/aromatic N) is 1. The summed E-state index contributed by atoms with van der Waals surface area (Å²) in [6.45, 7) is 5.99. The number of hydrogen-bond donors (Lipinski definition) is 2. The molecule has 86 valence electrons. The van der Waals surface area contributed by atoms with Crippen LogP contribution < -0.4 is 11.1 Å². The number of anilines is 1. The van der Waals surface area contributed by atoms with E-state index in [-0.39, 0.29) is 11.6 Å². The smallest absolute Gasteiger partial charge is 0.296 e. The first-order chi connectivity index (χ1) is 7.49. The maximum atomic E-state index is 5.88. The molecule has 4 nitrogen and oxygen atoms in total. The molecular formula is C12H17N3O. The second kappa shape index (κ2) is 3.79. The number of rotatable bonds is 3. The van der Waals surface area contributed by atoms with E-state index in [1.54, 1.807) is 0 Å². The zero-order chi connectivity index (χ0) is 11.8. The third-order valence-corrected chi connectivity index (χ3v) is 2.86. The predicted octanol–water partition coefficient (Wildman–Crippen LogP) is 2.37. The van der Waals surface area contributed by atoms with Gasteiger partial charge in [0.1, 0.15) is 5.52 Å². The molecule has 3 N–H and O–H groups in total. The van der Waals surface area contributed by atoms with E-state index in [0.29, 0.717) is 6.01 Å². The Morgan fingerprint density at radius 2 is 2.06 bits per heavy atom. The first-order valence-electron chi connectivity index (χ1n) is 5.38. The van der Waals surface area contributed by atoms with Crippen LogP contribution in [0.15, 0.2) is 28.7 Å². The van der Waals surface area contributed by atoms with Gasteiger partial charge >= 0.3 is 0 Å². The molecule has 2 aromatic rings. The topological polar surface area (TPSA) is 64.1 Å². The van der Waals surface area contributed by atoms with Gasteiger partial charge in [0.05, 0.1) is 5.54 Å². The monoisotopic (exact) mass is 219 g/mol. The standard InChI is InChI=1S/C12H17N3O/c1-8(13)12(2,3)15-11-14-9-6-4-5-7-10(9)16-11/h4-8H,13H2,1-3H3,(H,14,15). The van der Waals surface area contributed by atoms with E-state index in [2.05, 4.69) is 10.3 Å². The van der Waals surface area contributed by atoms with Crippen LogP contribution in [0, 0.1) is 0 Å². The van der Waals surface area contributed by atoms with Crippen LogP contribution in [0.5, 0.6) is 0 Å². The molecule has 2 rings (SSSR count). The van der Waals surface area contributed by atoms with Gasteiger partial charge in [-0.3, -0.25) is 0 Å². The number of hydrogen-bond acceptors (Lipinski definition) is 4. The number of fused-ring (bicyclic) bond motifs is 1. The summed E-state index contributed by atoms with van der Waals surface area (Å²) in [5.74, 6) is 0. The van der Waals surface area contributed by atoms with E-state index in [1.807, 2.05) is 45.0 Å². The van der Waals surface area contributed by atoms with E-state index >= 15 is 0 Å². The molecule has 1 heterocycles. The minimum atomic E-state index is -0.249. The van der Waals surface area contributed by atoms with Crippen molar-refractivity contribution in [2.24, 2.45) is 5.73 Å². The van der Waals surface area contributed by atoms with Crippen molar-refractivity contribution in [3.8, 4) is 0 Å². The Morgan fingerprint density at radius 3 is 2.69 bits per heavy atom. The number of aromatic nitrogens is 1. The number of para-hydroxylation sites is 2. The predicted molar refractivity (Wildman–Crippen MR) is 65.4 cm³/mol. The van der Waals surface area contributed by atoms with E-state index in [0.717, 1.165) is 11.1 Å². The highest BCUT2D eigenvalue weighted by atomic mass is 16.4. The first-order valence-corrected chi connectivity index (χ1v) is 5.38. The summed E-state index contributed by atoms with van der Waals surface area (Å²) in [7, 11) is 0. The maximum absolute atomic E-state index is 5.88. The van der Waals surface area contributed by atoms with E-state index < -0.39 is 0 Å². The Kier molecular flexibility index (Phi) is 2.59. The summed E-state index contributed by atoms with van der Waals surface area (Å²) in [6.07, 6.45) is 0. The van der Waals surface area contributed by atoms with Crippen molar-refractivity contribution in [3.63, 3.8) is 0 Å². The Bertz CT molecular complexity index is 455. The van der Waals surface area contributed by atoms with Crippen molar-refractivity contribution in [1.29, 1.82) is 0 Å². The summed E-state index contributed by atoms with van der Waals surface area (Å²) >= 11 is 0. The van der Waals surface area contributed by atoms with Gasteiger partial charge in [-0.25, -0.2) is 0 Å². The molecule has 0 fully saturated rings. The van der Waals surface area contributed by atoms with Gasteiger partial charge in [0.2, 0.25) is 0 Å². The Morgan fingerprint density at radius 1 is 1.38 bits per heavy atom. The molecule has 1 atom stereocenters. The molecule has 16 heavy (non-hydrogen) atoms. The van der Waals surface area contributed by atoms with Crippen molar-refractivity contribution in [2.45, 2.75) is 32.4 Å². The van der Waals surface area contributed by atoms with Crippen LogP contribution in [0.4, 0.5) is 6.01 Å². The average Bonchev–Trinajstić information content (AvgIpc) is 2.58. The molecule has 0 spiro atoms. The number of benzene rings is 1. The van der Waals surface area contributed by atoms with Crippen molar-refractivity contribution in [2.75, 3.05) is 5.32 Å². The molecule has 0 aliphatic rings. The minimum absolute atomic E-state index is 0.00233. The molecule has 1 aromatic carbocycles. The van der Waals surface area contributed by atoms with Gasteiger partial charge < -0.3 is 15.5 Å². The lowest BCUT2D eigenvalue weighted by atomic mass is 9.97. The van der Waals surface area contributed by atoms with Crippen LogP contribution >= 0.6 is 0 Å². The van der Waals surface area contributed by atoms with Crippen LogP contribution in [0.2, 0.25) is 0 Å². The lowest BCUT2D eigenvalue weighted by Gasteiger charge is -2.29. The highest BCUT2D eigenvalue weighted by Crippen LogP contribution is 2.22. The van der Waals surface area contributed by atoms with Crippen LogP contribution in [0.1, 0.15) is 20.8 Å². The van der Waals surface area contributed by atoms with Gasteiger partial charge in [-0.15, -0.1) is 0 Å². The molecule has 1 unspecified atom stereocenters. The second-order valence-corrected chi connectivity index (χ2v) is 4.62. The third kappa shape index (κ3) is 2.02. The molecule has 0 bridgehead atoms. The summed E-state index contributed by atoms with van der Waals surface area (Å²) in [4.78, 5) is 4.35. The first kappa shape index (κ1) is 11.0. The van der Waals surface area contributed by atoms with Gasteiger partial charge in [0.15, 0.2) is 5.58 Å². The van der Waals surface area contributed by atoms with Crippen molar-refractivity contribution in [3.05, 3.63) is 24.3 Å². The maximum Gasteiger partial charge on any atom is 0.296 e. The zero-order valence-electron chi connectivity index (χ0n) is 9.82. The summed E-state index contributed by atoms with van der Waals surface area (Å²) in [5, 5.41) is 3.20. The lowest BCUT2D eigenvalue weighted by Crippen LogP contribution is -2.47. The van der Waals surface area contributed by atoms with Crippen molar-refractivity contribution < 1.29 is 4.42 Å². The molecule has 0 radical (unpaired) electrons. The molecule has 0 amide bonds. The SMILES string of the molecule is CC(N)C(C)(C)Nc1nc2ccccc2o1. The quantitative estimate of drug-likeness (QED) is 0.831. The summed E-state index contributed by atoms with van der Waals surface area (Å²) in [6, 6.07) is 8.19. The van der Waals surface area contributed by atoms with Crippen LogP contribution in [0.3, 0.4) is 0 Å². The Hall–Kier alpha value is -1.55. The highest BCUT2D eigenvalue weighted by molar-refractivity contribution is 5.74. The normalized spacial score (nSPS) is 14.0. The molecule has 0 saturated carbocycles. The minimum Gasteiger partial charge on any atom is -0.424 e. The summed E-state index contributed by atoms with van der Waals surface area (Å²) in [5.41, 5.74) is 7.27. The zero-order valence-corrected chi connectivity index (χ0v) is 9.82. The molecule has 0 aliphatic heterocycles. The Labute approximate surface area is 94.8 Å². The fourth-order valence-corrected chi connectivity index (χ4v) is 1.32. The molecular weight excluding hydrogens is 202 g/mol. The molecule has 4 heteroatoms. The van der Waals surface area contributed by atoms with Gasteiger partial charge in [0.25, 0.3) is 6.01 Å². The van der Waals surface area contributed by atoms with Crippen LogP contribution in [-0.4, -0.2) is 16.6 Å². The molecule has 0 saturated heterocycles. The van der Waals surface area contributed by atoms with Gasteiger partial charge in [0, 0.05) is 6.04 Å². The van der Waals surface area contributed by atoms with Crippen LogP contribution in [-0.2, 0) is 0 Å². The van der Waals surface area contributed by atoms with Crippen molar-refractivity contribution >= 4 is 17.1 Å². The van der Waals surface area contributed by atoms with Crippen molar-refractivity contribution in [1.82, 2.24) is 4.98 Å². The van der Waals surface area contributed by atoms with E-state index in [9.17, 15) is 0 Å². The van der Waals surface area contributed by atoms with Gasteiger partial charge in [-0.2, -0.15) is 4.98 Å². The fraction of sp³-hybridized carbons (Fsp3) is 0.417.